The van der Waals surface area contributed by atoms with Crippen LogP contribution in [-0.4, -0.2) is 16.5 Å². The van der Waals surface area contributed by atoms with Crippen LogP contribution in [0, 0.1) is 5.82 Å². The topological polar surface area (TPSA) is 37.8 Å². The third-order valence-corrected chi connectivity index (χ3v) is 3.10. The standard InChI is InChI=1S/C13H13BrFN3/c1-2-16-8-10-5-6-17-13(18-10)11-4-3-9(15)7-12(11)14/h3-7,16H,2,8H2,1H3. The van der Waals surface area contributed by atoms with E-state index in [1.807, 2.05) is 13.0 Å². The van der Waals surface area contributed by atoms with E-state index in [1.165, 1.54) is 12.1 Å². The average molecular weight is 310 g/mol. The van der Waals surface area contributed by atoms with E-state index in [-0.39, 0.29) is 5.82 Å². The first kappa shape index (κ1) is 13.1. The molecule has 0 aliphatic carbocycles. The van der Waals surface area contributed by atoms with Gasteiger partial charge in [0.25, 0.3) is 0 Å². The molecule has 18 heavy (non-hydrogen) atoms. The van der Waals surface area contributed by atoms with Crippen molar-refractivity contribution < 1.29 is 4.39 Å². The Hall–Kier alpha value is -1.33. The van der Waals surface area contributed by atoms with Crippen LogP contribution in [0.25, 0.3) is 11.4 Å². The Morgan fingerprint density at radius 3 is 2.89 bits per heavy atom. The van der Waals surface area contributed by atoms with Gasteiger partial charge in [-0.05, 0) is 46.7 Å². The number of hydrogen-bond donors (Lipinski definition) is 1. The quantitative estimate of drug-likeness (QED) is 0.942. The van der Waals surface area contributed by atoms with Gasteiger partial charge in [0.15, 0.2) is 5.82 Å². The summed E-state index contributed by atoms with van der Waals surface area (Å²) in [5, 5.41) is 3.20. The van der Waals surface area contributed by atoms with Crippen LogP contribution in [0.3, 0.4) is 0 Å². The lowest BCUT2D eigenvalue weighted by Crippen LogP contribution is -2.13. The minimum Gasteiger partial charge on any atom is -0.311 e. The first-order valence-electron chi connectivity index (χ1n) is 5.68. The number of rotatable bonds is 4. The van der Waals surface area contributed by atoms with E-state index in [9.17, 15) is 4.39 Å². The molecule has 1 N–H and O–H groups in total. The van der Waals surface area contributed by atoms with Crippen molar-refractivity contribution in [1.82, 2.24) is 15.3 Å². The third-order valence-electron chi connectivity index (χ3n) is 2.44. The Kier molecular flexibility index (Phi) is 4.38. The molecule has 1 aromatic heterocycles. The van der Waals surface area contributed by atoms with Crippen LogP contribution in [0.2, 0.25) is 0 Å². The number of hydrogen-bond acceptors (Lipinski definition) is 3. The summed E-state index contributed by atoms with van der Waals surface area (Å²) >= 11 is 3.33. The van der Waals surface area contributed by atoms with Gasteiger partial charge in [-0.2, -0.15) is 0 Å². The smallest absolute Gasteiger partial charge is 0.160 e. The maximum atomic E-state index is 13.0. The van der Waals surface area contributed by atoms with E-state index < -0.39 is 0 Å². The zero-order valence-electron chi connectivity index (χ0n) is 9.95. The van der Waals surface area contributed by atoms with Gasteiger partial charge in [-0.3, -0.25) is 0 Å². The molecule has 0 spiro atoms. The van der Waals surface area contributed by atoms with Crippen molar-refractivity contribution in [3.63, 3.8) is 0 Å². The van der Waals surface area contributed by atoms with Crippen LogP contribution in [0.5, 0.6) is 0 Å². The van der Waals surface area contributed by atoms with E-state index in [0.29, 0.717) is 16.8 Å². The van der Waals surface area contributed by atoms with E-state index in [4.69, 9.17) is 0 Å². The summed E-state index contributed by atoms with van der Waals surface area (Å²) in [4.78, 5) is 8.66. The molecule has 0 fully saturated rings. The summed E-state index contributed by atoms with van der Waals surface area (Å²) in [6, 6.07) is 6.35. The van der Waals surface area contributed by atoms with Crippen molar-refractivity contribution in [3.8, 4) is 11.4 Å². The summed E-state index contributed by atoms with van der Waals surface area (Å²) in [7, 11) is 0. The van der Waals surface area contributed by atoms with E-state index in [1.54, 1.807) is 12.3 Å². The van der Waals surface area contributed by atoms with Gasteiger partial charge in [-0.1, -0.05) is 6.92 Å². The number of benzene rings is 1. The zero-order valence-corrected chi connectivity index (χ0v) is 11.5. The van der Waals surface area contributed by atoms with Gasteiger partial charge in [-0.15, -0.1) is 0 Å². The van der Waals surface area contributed by atoms with Crippen molar-refractivity contribution >= 4 is 15.9 Å². The van der Waals surface area contributed by atoms with Crippen LogP contribution in [0.1, 0.15) is 12.6 Å². The van der Waals surface area contributed by atoms with Gasteiger partial charge in [0.2, 0.25) is 0 Å². The Morgan fingerprint density at radius 1 is 1.33 bits per heavy atom. The number of halogens is 2. The molecule has 0 saturated heterocycles. The first-order valence-corrected chi connectivity index (χ1v) is 6.48. The third kappa shape index (κ3) is 3.11. The molecule has 0 aliphatic rings. The summed E-state index contributed by atoms with van der Waals surface area (Å²) in [5.74, 6) is 0.312. The Balaban J connectivity index is 2.32. The van der Waals surface area contributed by atoms with Crippen LogP contribution in [0.4, 0.5) is 4.39 Å². The van der Waals surface area contributed by atoms with Crippen LogP contribution in [-0.2, 0) is 6.54 Å². The number of nitrogens with one attached hydrogen (secondary N) is 1. The van der Waals surface area contributed by atoms with E-state index in [0.717, 1.165) is 17.8 Å². The molecular formula is C13H13BrFN3. The fraction of sp³-hybridized carbons (Fsp3) is 0.231. The van der Waals surface area contributed by atoms with E-state index >= 15 is 0 Å². The minimum absolute atomic E-state index is 0.283. The molecule has 0 atom stereocenters. The predicted octanol–water partition coefficient (Wildman–Crippen LogP) is 3.15. The molecule has 0 amide bonds. The van der Waals surface area contributed by atoms with Crippen molar-refractivity contribution in [2.45, 2.75) is 13.5 Å². The predicted molar refractivity (Wildman–Crippen MR) is 72.5 cm³/mol. The molecule has 0 saturated carbocycles. The lowest BCUT2D eigenvalue weighted by Gasteiger charge is -2.06. The fourth-order valence-electron chi connectivity index (χ4n) is 1.55. The molecule has 94 valence electrons. The molecule has 0 bridgehead atoms. The summed E-state index contributed by atoms with van der Waals surface area (Å²) in [6.45, 7) is 3.63. The summed E-state index contributed by atoms with van der Waals surface area (Å²) in [6.07, 6.45) is 1.71. The van der Waals surface area contributed by atoms with Crippen molar-refractivity contribution in [2.75, 3.05) is 6.54 Å². The molecular weight excluding hydrogens is 297 g/mol. The lowest BCUT2D eigenvalue weighted by molar-refractivity contribution is 0.627. The van der Waals surface area contributed by atoms with Crippen molar-refractivity contribution in [1.29, 1.82) is 0 Å². The van der Waals surface area contributed by atoms with Crippen LogP contribution < -0.4 is 5.32 Å². The second kappa shape index (κ2) is 6.02. The van der Waals surface area contributed by atoms with Gasteiger partial charge in [-0.25, -0.2) is 14.4 Å². The Bertz CT molecular complexity index is 546. The van der Waals surface area contributed by atoms with Gasteiger partial charge >= 0.3 is 0 Å². The molecule has 0 unspecified atom stereocenters. The molecule has 1 heterocycles. The zero-order chi connectivity index (χ0) is 13.0. The van der Waals surface area contributed by atoms with Gasteiger partial charge in [0.1, 0.15) is 5.82 Å². The largest absolute Gasteiger partial charge is 0.311 e. The van der Waals surface area contributed by atoms with Crippen LogP contribution >= 0.6 is 15.9 Å². The molecule has 2 rings (SSSR count). The minimum atomic E-state index is -0.283. The maximum Gasteiger partial charge on any atom is 0.160 e. The molecule has 0 aliphatic heterocycles. The van der Waals surface area contributed by atoms with Gasteiger partial charge in [0.05, 0.1) is 5.69 Å². The Morgan fingerprint density at radius 2 is 2.17 bits per heavy atom. The second-order valence-electron chi connectivity index (χ2n) is 3.78. The molecule has 3 nitrogen and oxygen atoms in total. The highest BCUT2D eigenvalue weighted by Gasteiger charge is 2.07. The fourth-order valence-corrected chi connectivity index (χ4v) is 2.08. The highest BCUT2D eigenvalue weighted by atomic mass is 79.9. The highest BCUT2D eigenvalue weighted by molar-refractivity contribution is 9.10. The van der Waals surface area contributed by atoms with Gasteiger partial charge < -0.3 is 5.32 Å². The SMILES string of the molecule is CCNCc1ccnc(-c2ccc(F)cc2Br)n1. The van der Waals surface area contributed by atoms with Crippen LogP contribution in [0.15, 0.2) is 34.9 Å². The summed E-state index contributed by atoms with van der Waals surface area (Å²) in [5.41, 5.74) is 1.70. The monoisotopic (exact) mass is 309 g/mol. The number of aromatic nitrogens is 2. The number of nitrogens with zero attached hydrogens (tertiary/aromatic N) is 2. The first-order chi connectivity index (χ1) is 8.70. The average Bonchev–Trinajstić information content (AvgIpc) is 2.36. The molecule has 0 radical (unpaired) electrons. The normalized spacial score (nSPS) is 10.6. The van der Waals surface area contributed by atoms with Gasteiger partial charge in [0, 0.05) is 22.8 Å². The Labute approximate surface area is 114 Å². The summed E-state index contributed by atoms with van der Waals surface area (Å²) < 4.78 is 13.7. The lowest BCUT2D eigenvalue weighted by atomic mass is 10.2. The molecule has 2 aromatic rings. The van der Waals surface area contributed by atoms with Crippen molar-refractivity contribution in [3.05, 3.63) is 46.4 Å². The molecule has 5 heteroatoms. The maximum absolute atomic E-state index is 13.0. The van der Waals surface area contributed by atoms with E-state index in [2.05, 4.69) is 31.2 Å². The van der Waals surface area contributed by atoms with Crippen molar-refractivity contribution in [2.24, 2.45) is 0 Å². The highest BCUT2D eigenvalue weighted by Crippen LogP contribution is 2.26. The second-order valence-corrected chi connectivity index (χ2v) is 4.63. The molecule has 1 aromatic carbocycles.